The molecule has 0 N–H and O–H groups in total. The predicted molar refractivity (Wildman–Crippen MR) is 120 cm³/mol. The summed E-state index contributed by atoms with van der Waals surface area (Å²) in [7, 11) is 1.46. The fourth-order valence-electron chi connectivity index (χ4n) is 5.55. The van der Waals surface area contributed by atoms with Gasteiger partial charge >= 0.3 is 0 Å². The summed E-state index contributed by atoms with van der Waals surface area (Å²) in [6.07, 6.45) is 7.59. The van der Waals surface area contributed by atoms with Crippen LogP contribution in [0.5, 0.6) is 5.75 Å². The molecule has 170 valence electrons. The Morgan fingerprint density at radius 2 is 1.73 bits per heavy atom. The maximum atomic E-state index is 13.0. The minimum atomic E-state index is -0.469. The quantitative estimate of drug-likeness (QED) is 0.229. The number of benzene rings is 1. The summed E-state index contributed by atoms with van der Waals surface area (Å²) < 4.78 is 7.30. The first-order chi connectivity index (χ1) is 15.8. The van der Waals surface area contributed by atoms with Crippen LogP contribution in [0.15, 0.2) is 41.5 Å². The maximum Gasteiger partial charge on any atom is 0.273 e. The van der Waals surface area contributed by atoms with Crippen LogP contribution in [0.3, 0.4) is 0 Å². The van der Waals surface area contributed by atoms with E-state index in [2.05, 4.69) is 17.3 Å². The Bertz CT molecular complexity index is 1210. The Balaban J connectivity index is 1.46. The van der Waals surface area contributed by atoms with Crippen molar-refractivity contribution in [2.45, 2.75) is 26.7 Å². The number of imide groups is 1. The fourth-order valence-corrected chi connectivity index (χ4v) is 5.55. The number of nitro groups is 1. The van der Waals surface area contributed by atoms with Gasteiger partial charge in [0.1, 0.15) is 5.75 Å². The van der Waals surface area contributed by atoms with Crippen LogP contribution < -0.4 is 4.74 Å². The van der Waals surface area contributed by atoms with Gasteiger partial charge in [0.2, 0.25) is 0 Å². The molecule has 2 bridgehead atoms. The standard InChI is InChI=1S/C24H24N4O5/c1-13-10-17(14(2)26(13)19-9-8-18(28(31)32)11-20(19)33-3)12-25-27-23(29)21-15-4-5-16(7-6-15)22(21)24(27)30/h4-5,8-12,15-16,21-22H,6-7H2,1-3H3/b25-12-/t15-,16-,21-,22-/m0/s1. The Hall–Kier alpha value is -3.75. The highest BCUT2D eigenvalue weighted by molar-refractivity contribution is 6.06. The predicted octanol–water partition coefficient (Wildman–Crippen LogP) is 3.54. The third-order valence-electron chi connectivity index (χ3n) is 7.13. The molecule has 0 spiro atoms. The molecule has 0 unspecified atom stereocenters. The largest absolute Gasteiger partial charge is 0.494 e. The van der Waals surface area contributed by atoms with E-state index in [9.17, 15) is 19.7 Å². The lowest BCUT2D eigenvalue weighted by Crippen LogP contribution is -2.38. The zero-order chi connectivity index (χ0) is 23.4. The first-order valence-corrected chi connectivity index (χ1v) is 10.9. The highest BCUT2D eigenvalue weighted by Gasteiger charge is 2.56. The second-order valence-electron chi connectivity index (χ2n) is 8.85. The minimum absolute atomic E-state index is 0.0594. The number of nitro benzene ring substituents is 1. The Morgan fingerprint density at radius 3 is 2.27 bits per heavy atom. The average Bonchev–Trinajstić information content (AvgIpc) is 3.25. The van der Waals surface area contributed by atoms with E-state index in [1.165, 1.54) is 19.2 Å². The lowest BCUT2D eigenvalue weighted by molar-refractivity contribution is -0.384. The third-order valence-corrected chi connectivity index (χ3v) is 7.13. The first-order valence-electron chi connectivity index (χ1n) is 10.9. The van der Waals surface area contributed by atoms with Gasteiger partial charge in [-0.1, -0.05) is 12.2 Å². The number of fused-ring (bicyclic) bond motifs is 1. The molecular formula is C24H24N4O5. The average molecular weight is 448 g/mol. The van der Waals surface area contributed by atoms with E-state index < -0.39 is 4.92 Å². The molecule has 1 saturated carbocycles. The molecule has 1 aromatic carbocycles. The van der Waals surface area contributed by atoms with Crippen molar-refractivity contribution >= 4 is 23.7 Å². The van der Waals surface area contributed by atoms with Crippen molar-refractivity contribution < 1.29 is 19.2 Å². The Morgan fingerprint density at radius 1 is 1.09 bits per heavy atom. The van der Waals surface area contributed by atoms with Crippen molar-refractivity contribution in [2.24, 2.45) is 28.8 Å². The van der Waals surface area contributed by atoms with Crippen LogP contribution in [-0.2, 0) is 9.59 Å². The number of aromatic nitrogens is 1. The van der Waals surface area contributed by atoms with E-state index in [0.717, 1.165) is 34.8 Å². The smallest absolute Gasteiger partial charge is 0.273 e. The summed E-state index contributed by atoms with van der Waals surface area (Å²) in [5.74, 6) is -0.415. The normalized spacial score (nSPS) is 25.8. The fraction of sp³-hybridized carbons (Fsp3) is 0.375. The highest BCUT2D eigenvalue weighted by Crippen LogP contribution is 2.49. The van der Waals surface area contributed by atoms with Gasteiger partial charge in [-0.15, -0.1) is 0 Å². The number of carbonyl (C=O) groups excluding carboxylic acids is 2. The van der Waals surface area contributed by atoms with Gasteiger partial charge in [0.25, 0.3) is 17.5 Å². The molecule has 6 rings (SSSR count). The van der Waals surface area contributed by atoms with E-state index in [1.807, 2.05) is 24.5 Å². The molecule has 0 radical (unpaired) electrons. The van der Waals surface area contributed by atoms with Gasteiger partial charge in [-0.05, 0) is 50.7 Å². The van der Waals surface area contributed by atoms with E-state index in [-0.39, 0.29) is 41.2 Å². The van der Waals surface area contributed by atoms with Crippen molar-refractivity contribution in [2.75, 3.05) is 7.11 Å². The number of amides is 2. The first kappa shape index (κ1) is 21.1. The van der Waals surface area contributed by atoms with Crippen molar-refractivity contribution in [3.05, 3.63) is 63.5 Å². The lowest BCUT2D eigenvalue weighted by Gasteiger charge is -2.37. The lowest BCUT2D eigenvalue weighted by atomic mass is 9.63. The van der Waals surface area contributed by atoms with Crippen molar-refractivity contribution in [1.82, 2.24) is 9.58 Å². The number of hydrogen-bond acceptors (Lipinski definition) is 6. The number of ether oxygens (including phenoxy) is 1. The van der Waals surface area contributed by atoms with Gasteiger partial charge in [0, 0.05) is 23.0 Å². The summed E-state index contributed by atoms with van der Waals surface area (Å²) in [6.45, 7) is 3.78. The van der Waals surface area contributed by atoms with E-state index in [4.69, 9.17) is 4.74 Å². The maximum absolute atomic E-state index is 13.0. The van der Waals surface area contributed by atoms with Crippen LogP contribution in [0, 0.1) is 47.6 Å². The van der Waals surface area contributed by atoms with Crippen LogP contribution in [0.4, 0.5) is 5.69 Å². The minimum Gasteiger partial charge on any atom is -0.494 e. The zero-order valence-corrected chi connectivity index (χ0v) is 18.6. The molecule has 1 aromatic heterocycles. The van der Waals surface area contributed by atoms with Gasteiger partial charge in [-0.3, -0.25) is 19.7 Å². The molecule has 2 amide bonds. The second kappa shape index (κ2) is 7.68. The zero-order valence-electron chi connectivity index (χ0n) is 18.6. The molecule has 9 nitrogen and oxygen atoms in total. The number of aryl methyl sites for hydroxylation is 1. The molecule has 4 aliphatic rings. The molecule has 4 atom stereocenters. The van der Waals surface area contributed by atoms with Crippen molar-refractivity contribution in [3.8, 4) is 11.4 Å². The third kappa shape index (κ3) is 3.18. The van der Waals surface area contributed by atoms with Gasteiger partial charge in [-0.25, -0.2) is 0 Å². The Kier molecular flexibility index (Phi) is 4.92. The highest BCUT2D eigenvalue weighted by atomic mass is 16.6. The number of rotatable bonds is 5. The molecule has 3 aliphatic carbocycles. The molecule has 1 saturated heterocycles. The number of methoxy groups -OCH3 is 1. The number of hydrazone groups is 1. The Labute approximate surface area is 190 Å². The summed E-state index contributed by atoms with van der Waals surface area (Å²) >= 11 is 0. The summed E-state index contributed by atoms with van der Waals surface area (Å²) in [4.78, 5) is 36.6. The molecule has 2 heterocycles. The number of non-ortho nitro benzene ring substituents is 1. The number of allylic oxidation sites excluding steroid dienone is 2. The summed E-state index contributed by atoms with van der Waals surface area (Å²) in [5.41, 5.74) is 3.00. The van der Waals surface area contributed by atoms with E-state index in [0.29, 0.717) is 11.4 Å². The molecule has 1 aliphatic heterocycles. The van der Waals surface area contributed by atoms with Crippen LogP contribution >= 0.6 is 0 Å². The molecule has 9 heteroatoms. The number of nitrogens with zero attached hydrogens (tertiary/aromatic N) is 4. The monoisotopic (exact) mass is 448 g/mol. The van der Waals surface area contributed by atoms with Crippen LogP contribution in [0.2, 0.25) is 0 Å². The van der Waals surface area contributed by atoms with E-state index >= 15 is 0 Å². The molecule has 2 aromatic rings. The van der Waals surface area contributed by atoms with Crippen molar-refractivity contribution in [3.63, 3.8) is 0 Å². The number of hydrogen-bond donors (Lipinski definition) is 0. The number of carbonyl (C=O) groups is 2. The van der Waals surface area contributed by atoms with Gasteiger partial charge in [-0.2, -0.15) is 10.1 Å². The van der Waals surface area contributed by atoms with Crippen LogP contribution in [0.1, 0.15) is 29.8 Å². The summed E-state index contributed by atoms with van der Waals surface area (Å²) in [6, 6.07) is 6.34. The topological polar surface area (TPSA) is 107 Å². The van der Waals surface area contributed by atoms with Gasteiger partial charge in [0.15, 0.2) is 0 Å². The second-order valence-corrected chi connectivity index (χ2v) is 8.85. The van der Waals surface area contributed by atoms with Crippen molar-refractivity contribution in [1.29, 1.82) is 0 Å². The molecule has 2 fully saturated rings. The van der Waals surface area contributed by atoms with Crippen LogP contribution in [-0.4, -0.2) is 39.6 Å². The van der Waals surface area contributed by atoms with Gasteiger partial charge < -0.3 is 9.30 Å². The van der Waals surface area contributed by atoms with Crippen LogP contribution in [0.25, 0.3) is 5.69 Å². The SMILES string of the molecule is COc1cc([N+](=O)[O-])ccc1-n1c(C)cc(/C=N\N2C(=O)[C@@H]3[C@@H](C2=O)[C@H]2C=C[C@H]3CC2)c1C. The van der Waals surface area contributed by atoms with Gasteiger partial charge in [0.05, 0.1) is 41.8 Å². The van der Waals surface area contributed by atoms with E-state index in [1.54, 1.807) is 12.3 Å². The molecular weight excluding hydrogens is 424 g/mol. The molecule has 33 heavy (non-hydrogen) atoms. The summed E-state index contributed by atoms with van der Waals surface area (Å²) in [5, 5.41) is 16.5.